The Hall–Kier alpha value is -2.21. The first-order valence-corrected chi connectivity index (χ1v) is 8.28. The first-order chi connectivity index (χ1) is 10.9. The summed E-state index contributed by atoms with van der Waals surface area (Å²) in [5.74, 6) is 0.902. The van der Waals surface area contributed by atoms with Crippen LogP contribution >= 0.6 is 11.7 Å². The fourth-order valence-electron chi connectivity index (χ4n) is 2.78. The number of anilines is 2. The molecule has 2 aromatic heterocycles. The summed E-state index contributed by atoms with van der Waals surface area (Å²) < 4.78 is 8.49. The van der Waals surface area contributed by atoms with Gasteiger partial charge in [0.05, 0.1) is 23.6 Å². The average molecular weight is 311 g/mol. The predicted molar refractivity (Wildman–Crippen MR) is 90.4 cm³/mol. The monoisotopic (exact) mass is 311 g/mol. The van der Waals surface area contributed by atoms with E-state index in [0.717, 1.165) is 36.5 Å². The van der Waals surface area contributed by atoms with E-state index in [0.29, 0.717) is 0 Å². The fraction of sp³-hybridized carbons (Fsp3) is 0.312. The molecule has 0 bridgehead atoms. The van der Waals surface area contributed by atoms with Gasteiger partial charge in [0.15, 0.2) is 0 Å². The highest BCUT2D eigenvalue weighted by atomic mass is 32.1. The normalized spacial score (nSPS) is 14.6. The van der Waals surface area contributed by atoms with Crippen LogP contribution in [0, 0.1) is 0 Å². The molecule has 0 radical (unpaired) electrons. The van der Waals surface area contributed by atoms with Crippen LogP contribution in [-0.2, 0) is 6.54 Å². The lowest BCUT2D eigenvalue weighted by atomic mass is 10.2. The summed E-state index contributed by atoms with van der Waals surface area (Å²) in [5.41, 5.74) is 4.33. The van der Waals surface area contributed by atoms with Gasteiger partial charge in [0.1, 0.15) is 16.9 Å². The lowest BCUT2D eigenvalue weighted by Gasteiger charge is -2.17. The van der Waals surface area contributed by atoms with Crippen molar-refractivity contribution in [1.82, 2.24) is 13.7 Å². The zero-order valence-corrected chi connectivity index (χ0v) is 13.0. The maximum atomic E-state index is 4.51. The minimum absolute atomic E-state index is 0.740. The van der Waals surface area contributed by atoms with Crippen molar-refractivity contribution < 1.29 is 0 Å². The Morgan fingerprint density at radius 3 is 2.73 bits per heavy atom. The summed E-state index contributed by atoms with van der Waals surface area (Å²) in [6, 6.07) is 10.4. The molecule has 4 rings (SSSR count). The number of aromatic nitrogens is 3. The molecule has 0 atom stereocenters. The zero-order chi connectivity index (χ0) is 14.8. The van der Waals surface area contributed by atoms with E-state index in [4.69, 9.17) is 0 Å². The molecule has 0 aliphatic carbocycles. The Morgan fingerprint density at radius 1 is 1.05 bits per heavy atom. The molecule has 3 heterocycles. The van der Waals surface area contributed by atoms with Crippen LogP contribution in [0.15, 0.2) is 36.5 Å². The molecule has 22 heavy (non-hydrogen) atoms. The lowest BCUT2D eigenvalue weighted by molar-refractivity contribution is 0.949. The molecule has 5 nitrogen and oxygen atoms in total. The van der Waals surface area contributed by atoms with E-state index in [9.17, 15) is 0 Å². The van der Waals surface area contributed by atoms with Crippen LogP contribution in [-0.4, -0.2) is 26.8 Å². The van der Waals surface area contributed by atoms with E-state index in [1.165, 1.54) is 35.8 Å². The fourth-order valence-corrected chi connectivity index (χ4v) is 3.30. The highest BCUT2D eigenvalue weighted by molar-refractivity contribution is 7.00. The molecular weight excluding hydrogens is 294 g/mol. The molecule has 1 aliphatic rings. The summed E-state index contributed by atoms with van der Waals surface area (Å²) in [7, 11) is 0. The first kappa shape index (κ1) is 13.5. The number of nitrogens with one attached hydrogen (secondary N) is 1. The average Bonchev–Trinajstić information content (AvgIpc) is 3.24. The topological polar surface area (TPSA) is 53.9 Å². The Kier molecular flexibility index (Phi) is 3.60. The van der Waals surface area contributed by atoms with Gasteiger partial charge in [-0.15, -0.1) is 0 Å². The number of rotatable bonds is 4. The van der Waals surface area contributed by atoms with Crippen molar-refractivity contribution in [3.05, 3.63) is 42.1 Å². The zero-order valence-electron chi connectivity index (χ0n) is 12.2. The Labute approximate surface area is 133 Å². The third-order valence-corrected chi connectivity index (χ3v) is 4.57. The summed E-state index contributed by atoms with van der Waals surface area (Å²) in [5, 5.41) is 3.36. The van der Waals surface area contributed by atoms with Crippen molar-refractivity contribution in [2.24, 2.45) is 0 Å². The van der Waals surface area contributed by atoms with Gasteiger partial charge in [-0.2, -0.15) is 8.75 Å². The number of hydrogen-bond acceptors (Lipinski definition) is 6. The maximum Gasteiger partial charge on any atom is 0.126 e. The highest BCUT2D eigenvalue weighted by Gasteiger charge is 2.12. The Morgan fingerprint density at radius 2 is 1.91 bits per heavy atom. The summed E-state index contributed by atoms with van der Waals surface area (Å²) in [6.07, 6.45) is 4.53. The van der Waals surface area contributed by atoms with Gasteiger partial charge in [-0.1, -0.05) is 6.07 Å². The molecule has 112 valence electrons. The highest BCUT2D eigenvalue weighted by Crippen LogP contribution is 2.20. The van der Waals surface area contributed by atoms with Gasteiger partial charge in [0.25, 0.3) is 0 Å². The Balaban J connectivity index is 1.42. The maximum absolute atomic E-state index is 4.51. The summed E-state index contributed by atoms with van der Waals surface area (Å²) in [6.45, 7) is 3.04. The van der Waals surface area contributed by atoms with Crippen LogP contribution in [0.3, 0.4) is 0 Å². The molecule has 0 unspecified atom stereocenters. The van der Waals surface area contributed by atoms with E-state index >= 15 is 0 Å². The quantitative estimate of drug-likeness (QED) is 0.801. The van der Waals surface area contributed by atoms with Gasteiger partial charge in [-0.3, -0.25) is 0 Å². The number of pyridine rings is 1. The standard InChI is InChI=1S/C16H17N5S/c1-2-8-21(7-1)13-4-6-16(18-11-13)17-10-12-3-5-14-15(9-12)20-22-19-14/h3-6,9,11H,1-2,7-8,10H2,(H,17,18). The third-order valence-electron chi connectivity index (χ3n) is 4.01. The van der Waals surface area contributed by atoms with Gasteiger partial charge in [0, 0.05) is 19.6 Å². The smallest absolute Gasteiger partial charge is 0.126 e. The molecule has 1 aliphatic heterocycles. The Bertz CT molecular complexity index is 762. The number of benzene rings is 1. The molecule has 0 amide bonds. The van der Waals surface area contributed by atoms with Gasteiger partial charge in [-0.25, -0.2) is 4.98 Å². The largest absolute Gasteiger partial charge is 0.370 e. The second-order valence-corrected chi connectivity index (χ2v) is 6.07. The van der Waals surface area contributed by atoms with Crippen LogP contribution in [0.5, 0.6) is 0 Å². The van der Waals surface area contributed by atoms with Crippen LogP contribution in [0.4, 0.5) is 11.5 Å². The molecule has 0 spiro atoms. The minimum Gasteiger partial charge on any atom is -0.370 e. The molecule has 1 aromatic carbocycles. The van der Waals surface area contributed by atoms with Crippen molar-refractivity contribution in [3.63, 3.8) is 0 Å². The number of fused-ring (bicyclic) bond motifs is 1. The minimum atomic E-state index is 0.740. The van der Waals surface area contributed by atoms with E-state index in [-0.39, 0.29) is 0 Å². The van der Waals surface area contributed by atoms with Crippen LogP contribution < -0.4 is 10.2 Å². The molecule has 1 fully saturated rings. The van der Waals surface area contributed by atoms with Crippen LogP contribution in [0.2, 0.25) is 0 Å². The van der Waals surface area contributed by atoms with Crippen LogP contribution in [0.1, 0.15) is 18.4 Å². The molecule has 3 aromatic rings. The molecule has 1 N–H and O–H groups in total. The van der Waals surface area contributed by atoms with Gasteiger partial charge in [-0.05, 0) is 42.7 Å². The van der Waals surface area contributed by atoms with Crippen molar-refractivity contribution in [2.45, 2.75) is 19.4 Å². The van der Waals surface area contributed by atoms with Crippen molar-refractivity contribution in [2.75, 3.05) is 23.3 Å². The van der Waals surface area contributed by atoms with Crippen molar-refractivity contribution >= 4 is 34.3 Å². The lowest BCUT2D eigenvalue weighted by Crippen LogP contribution is -2.17. The SMILES string of the molecule is c1cc2nsnc2cc1CNc1ccc(N2CCCC2)cn1. The first-order valence-electron chi connectivity index (χ1n) is 7.54. The summed E-state index contributed by atoms with van der Waals surface area (Å²) in [4.78, 5) is 6.90. The van der Waals surface area contributed by atoms with Gasteiger partial charge in [0.2, 0.25) is 0 Å². The number of hydrogen-bond donors (Lipinski definition) is 1. The van der Waals surface area contributed by atoms with E-state index in [1.54, 1.807) is 0 Å². The second kappa shape index (κ2) is 5.88. The molecular formula is C16H17N5S. The third kappa shape index (κ3) is 2.74. The van der Waals surface area contributed by atoms with Crippen molar-refractivity contribution in [1.29, 1.82) is 0 Å². The molecule has 0 saturated carbocycles. The molecule has 1 saturated heterocycles. The van der Waals surface area contributed by atoms with Crippen molar-refractivity contribution in [3.8, 4) is 0 Å². The summed E-state index contributed by atoms with van der Waals surface area (Å²) >= 11 is 1.25. The second-order valence-electron chi connectivity index (χ2n) is 5.54. The van der Waals surface area contributed by atoms with Crippen LogP contribution in [0.25, 0.3) is 11.0 Å². The number of nitrogens with zero attached hydrogens (tertiary/aromatic N) is 4. The van der Waals surface area contributed by atoms with E-state index < -0.39 is 0 Å². The van der Waals surface area contributed by atoms with Gasteiger partial charge >= 0.3 is 0 Å². The molecule has 6 heteroatoms. The van der Waals surface area contributed by atoms with E-state index in [2.05, 4.69) is 48.2 Å². The predicted octanol–water partition coefficient (Wildman–Crippen LogP) is 3.30. The van der Waals surface area contributed by atoms with Gasteiger partial charge < -0.3 is 10.2 Å². The van der Waals surface area contributed by atoms with E-state index in [1.807, 2.05) is 12.3 Å².